The molecule has 1 aliphatic heterocycles. The fourth-order valence-corrected chi connectivity index (χ4v) is 6.01. The van der Waals surface area contributed by atoms with Crippen LogP contribution in [-0.4, -0.2) is 76.7 Å². The number of alkyl halides is 3. The summed E-state index contributed by atoms with van der Waals surface area (Å²) in [5, 5.41) is 32.1. The average Bonchev–Trinajstić information content (AvgIpc) is 3.42. The molecule has 1 atom stereocenters. The van der Waals surface area contributed by atoms with E-state index in [4.69, 9.17) is 19.3 Å². The Morgan fingerprint density at radius 1 is 0.979 bits per heavy atom. The molecule has 0 radical (unpaired) electrons. The monoisotopic (exact) mass is 671 g/mol. The Morgan fingerprint density at radius 3 is 2.27 bits per heavy atom. The maximum absolute atomic E-state index is 14.9. The topological polar surface area (TPSA) is 137 Å². The van der Waals surface area contributed by atoms with Gasteiger partial charge in [0.15, 0.2) is 11.5 Å². The standard InChI is InChI=1S/C34H36F3N3O8/c1-46-25-8-3-23(4-9-25)19-39-20-28(27-10-7-24(40(44)45)18-29(27)39)33(43,34(35,36)37)21-38-15-13-26(14-16-38)48-30-11-5-22(6-12-32(41)42)17-31(30)47-2/h3-5,7-11,17-18,20,26,43H,6,12-16,19,21H2,1-2H3,(H,41,42). The number of piperidine rings is 1. The number of nitro groups is 1. The number of halogens is 3. The smallest absolute Gasteiger partial charge is 0.422 e. The lowest BCUT2D eigenvalue weighted by Gasteiger charge is -2.39. The minimum absolute atomic E-state index is 0.0325. The Bertz CT molecular complexity index is 1770. The molecule has 1 unspecified atom stereocenters. The molecular formula is C34H36F3N3O8. The number of ether oxygens (including phenoxy) is 3. The Kier molecular flexibility index (Phi) is 10.2. The summed E-state index contributed by atoms with van der Waals surface area (Å²) in [6.45, 7) is -0.234. The molecule has 2 heterocycles. The Hall–Kier alpha value is -4.82. The summed E-state index contributed by atoms with van der Waals surface area (Å²) >= 11 is 0. The van der Waals surface area contributed by atoms with Crippen molar-refractivity contribution in [3.63, 3.8) is 0 Å². The number of aliphatic carboxylic acids is 1. The molecule has 3 aromatic carbocycles. The number of aliphatic hydroxyl groups is 1. The number of aromatic nitrogens is 1. The summed E-state index contributed by atoms with van der Waals surface area (Å²) in [4.78, 5) is 23.4. The third-order valence-corrected chi connectivity index (χ3v) is 8.64. The summed E-state index contributed by atoms with van der Waals surface area (Å²) < 4.78 is 62.9. The van der Waals surface area contributed by atoms with Gasteiger partial charge in [-0.1, -0.05) is 18.2 Å². The van der Waals surface area contributed by atoms with Gasteiger partial charge in [0.25, 0.3) is 5.69 Å². The van der Waals surface area contributed by atoms with Crippen molar-refractivity contribution in [2.45, 2.75) is 50.1 Å². The lowest BCUT2D eigenvalue weighted by atomic mass is 9.91. The first-order chi connectivity index (χ1) is 22.8. The Morgan fingerprint density at radius 2 is 1.67 bits per heavy atom. The number of fused-ring (bicyclic) bond motifs is 1. The van der Waals surface area contributed by atoms with Gasteiger partial charge in [0, 0.05) is 61.9 Å². The van der Waals surface area contributed by atoms with Crippen LogP contribution in [0.4, 0.5) is 18.9 Å². The van der Waals surface area contributed by atoms with Crippen molar-refractivity contribution in [3.8, 4) is 17.2 Å². The number of hydrogen-bond acceptors (Lipinski definition) is 8. The number of nitrogens with zero attached hydrogens (tertiary/aromatic N) is 3. The highest BCUT2D eigenvalue weighted by Crippen LogP contribution is 2.44. The van der Waals surface area contributed by atoms with Gasteiger partial charge in [0.2, 0.25) is 5.60 Å². The number of rotatable bonds is 13. The van der Waals surface area contributed by atoms with Crippen LogP contribution in [-0.2, 0) is 23.4 Å². The molecule has 1 fully saturated rings. The quantitative estimate of drug-likeness (QED) is 0.131. The highest BCUT2D eigenvalue weighted by atomic mass is 19.4. The molecule has 1 aliphatic rings. The fourth-order valence-electron chi connectivity index (χ4n) is 6.01. The van der Waals surface area contributed by atoms with Crippen molar-refractivity contribution < 1.29 is 47.3 Å². The second kappa shape index (κ2) is 14.1. The van der Waals surface area contributed by atoms with E-state index in [2.05, 4.69) is 0 Å². The number of non-ortho nitro benzene ring substituents is 1. The first kappa shape index (κ1) is 34.5. The van der Waals surface area contributed by atoms with Gasteiger partial charge >= 0.3 is 12.1 Å². The van der Waals surface area contributed by atoms with E-state index in [1.807, 2.05) is 0 Å². The van der Waals surface area contributed by atoms with Gasteiger partial charge in [-0.3, -0.25) is 19.8 Å². The predicted molar refractivity (Wildman–Crippen MR) is 170 cm³/mol. The van der Waals surface area contributed by atoms with E-state index in [1.54, 1.807) is 42.5 Å². The largest absolute Gasteiger partial charge is 0.497 e. The third-order valence-electron chi connectivity index (χ3n) is 8.64. The van der Waals surface area contributed by atoms with Crippen molar-refractivity contribution >= 4 is 22.6 Å². The van der Waals surface area contributed by atoms with Gasteiger partial charge in [-0.15, -0.1) is 0 Å². The van der Waals surface area contributed by atoms with Crippen LogP contribution in [0, 0.1) is 10.1 Å². The molecule has 256 valence electrons. The molecule has 2 N–H and O–H groups in total. The molecule has 4 aromatic rings. The first-order valence-corrected chi connectivity index (χ1v) is 15.3. The first-order valence-electron chi connectivity index (χ1n) is 15.3. The number of methoxy groups -OCH3 is 2. The summed E-state index contributed by atoms with van der Waals surface area (Å²) in [7, 11) is 2.98. The number of hydrogen-bond donors (Lipinski definition) is 2. The van der Waals surface area contributed by atoms with Crippen molar-refractivity contribution in [2.75, 3.05) is 33.9 Å². The van der Waals surface area contributed by atoms with Gasteiger partial charge < -0.3 is 29.0 Å². The van der Waals surface area contributed by atoms with Crippen molar-refractivity contribution in [1.82, 2.24) is 9.47 Å². The number of aryl methyl sites for hydroxylation is 1. The molecule has 1 saturated heterocycles. The second-order valence-corrected chi connectivity index (χ2v) is 11.8. The molecule has 48 heavy (non-hydrogen) atoms. The van der Waals surface area contributed by atoms with Crippen molar-refractivity contribution in [2.24, 2.45) is 0 Å². The highest BCUT2D eigenvalue weighted by Gasteiger charge is 2.57. The Labute approximate surface area is 274 Å². The zero-order valence-electron chi connectivity index (χ0n) is 26.4. The van der Waals surface area contributed by atoms with Crippen LogP contribution in [0.5, 0.6) is 17.2 Å². The molecule has 0 amide bonds. The van der Waals surface area contributed by atoms with E-state index in [9.17, 15) is 33.2 Å². The average molecular weight is 672 g/mol. The number of carboxylic acid groups (broad SMARTS) is 1. The van der Waals surface area contributed by atoms with E-state index in [0.29, 0.717) is 36.5 Å². The molecule has 5 rings (SSSR count). The van der Waals surface area contributed by atoms with Crippen molar-refractivity contribution in [3.05, 3.63) is 93.7 Å². The molecule has 11 nitrogen and oxygen atoms in total. The number of nitro benzene ring substituents is 1. The highest BCUT2D eigenvalue weighted by molar-refractivity contribution is 5.87. The number of likely N-dealkylation sites (tertiary alicyclic amines) is 1. The lowest BCUT2D eigenvalue weighted by molar-refractivity contribution is -0.384. The van der Waals surface area contributed by atoms with Gasteiger partial charge in [-0.25, -0.2) is 0 Å². The fraction of sp³-hybridized carbons (Fsp3) is 0.382. The molecule has 0 saturated carbocycles. The molecule has 0 spiro atoms. The van der Waals surface area contributed by atoms with Gasteiger partial charge in [-0.2, -0.15) is 13.2 Å². The zero-order valence-corrected chi connectivity index (χ0v) is 26.4. The number of carbonyl (C=O) groups is 1. The second-order valence-electron chi connectivity index (χ2n) is 11.8. The van der Waals surface area contributed by atoms with E-state index >= 15 is 0 Å². The normalized spacial score (nSPS) is 15.6. The molecule has 0 aliphatic carbocycles. The van der Waals surface area contributed by atoms with Gasteiger partial charge in [0.05, 0.1) is 24.7 Å². The van der Waals surface area contributed by atoms with Crippen LogP contribution in [0.3, 0.4) is 0 Å². The van der Waals surface area contributed by atoms with E-state index in [1.165, 1.54) is 42.0 Å². The minimum Gasteiger partial charge on any atom is -0.497 e. The Balaban J connectivity index is 1.37. The van der Waals surface area contributed by atoms with Crippen LogP contribution in [0.15, 0.2) is 66.9 Å². The van der Waals surface area contributed by atoms with Gasteiger partial charge in [-0.05, 0) is 60.7 Å². The lowest BCUT2D eigenvalue weighted by Crippen LogP contribution is -2.53. The summed E-state index contributed by atoms with van der Waals surface area (Å²) in [5.74, 6) is 0.554. The number of carboxylic acids is 1. The molecule has 0 bridgehead atoms. The van der Waals surface area contributed by atoms with E-state index in [-0.39, 0.29) is 54.3 Å². The minimum atomic E-state index is -5.07. The predicted octanol–water partition coefficient (Wildman–Crippen LogP) is 5.93. The van der Waals surface area contributed by atoms with Crippen LogP contribution < -0.4 is 14.2 Å². The van der Waals surface area contributed by atoms with Crippen LogP contribution in [0.2, 0.25) is 0 Å². The number of β-amino-alcohol motifs (C(OH)–C–C–N with tert-alkyl or cyclic N) is 1. The summed E-state index contributed by atoms with van der Waals surface area (Å²) in [6.07, 6.45) is -3.12. The summed E-state index contributed by atoms with van der Waals surface area (Å²) in [5.41, 5.74) is -2.29. The van der Waals surface area contributed by atoms with Gasteiger partial charge in [0.1, 0.15) is 11.9 Å². The number of benzene rings is 3. The summed E-state index contributed by atoms with van der Waals surface area (Å²) in [6, 6.07) is 15.7. The third kappa shape index (κ3) is 7.50. The SMILES string of the molecule is COc1ccc(Cn2cc(C(O)(CN3CCC(Oc4ccc(CCC(=O)O)cc4OC)CC3)C(F)(F)F)c3ccc([N+](=O)[O-])cc32)cc1. The maximum atomic E-state index is 14.9. The van der Waals surface area contributed by atoms with Crippen molar-refractivity contribution in [1.29, 1.82) is 0 Å². The van der Waals surface area contributed by atoms with E-state index < -0.39 is 29.2 Å². The van der Waals surface area contributed by atoms with Crippen LogP contribution in [0.1, 0.15) is 36.0 Å². The van der Waals surface area contributed by atoms with Crippen LogP contribution in [0.25, 0.3) is 10.9 Å². The zero-order chi connectivity index (χ0) is 34.6. The maximum Gasteiger partial charge on any atom is 0.422 e. The molecule has 1 aromatic heterocycles. The van der Waals surface area contributed by atoms with E-state index in [0.717, 1.165) is 17.2 Å². The van der Waals surface area contributed by atoms with Crippen LogP contribution >= 0.6 is 0 Å². The molecule has 14 heteroatoms. The molecular weight excluding hydrogens is 635 g/mol.